The van der Waals surface area contributed by atoms with Crippen LogP contribution in [0.15, 0.2) is 84.9 Å². The molecule has 0 aliphatic carbocycles. The van der Waals surface area contributed by atoms with Crippen LogP contribution < -0.4 is 10.1 Å². The highest BCUT2D eigenvalue weighted by Gasteiger charge is 2.45. The molecule has 3 aromatic carbocycles. The smallest absolute Gasteiger partial charge is 0.132 e. The van der Waals surface area contributed by atoms with E-state index in [1.807, 2.05) is 43.3 Å². The number of allylic oxidation sites excluding steroid dienone is 1. The summed E-state index contributed by atoms with van der Waals surface area (Å²) in [7, 11) is 0. The molecule has 2 unspecified atom stereocenters. The lowest BCUT2D eigenvalue weighted by atomic mass is 9.87. The molecule has 1 aliphatic rings. The van der Waals surface area contributed by atoms with Crippen LogP contribution in [-0.2, 0) is 22.6 Å². The quantitative estimate of drug-likeness (QED) is 0.351. The van der Waals surface area contributed by atoms with Gasteiger partial charge in [0.25, 0.3) is 0 Å². The molecule has 34 heavy (non-hydrogen) atoms. The summed E-state index contributed by atoms with van der Waals surface area (Å²) in [6.45, 7) is 10.1. The molecule has 0 aromatic heterocycles. The van der Waals surface area contributed by atoms with E-state index >= 15 is 0 Å². The van der Waals surface area contributed by atoms with Crippen molar-refractivity contribution in [1.29, 1.82) is 0 Å². The predicted octanol–water partition coefficient (Wildman–Crippen LogP) is 7.00. The number of hydrogen-bond donors (Lipinski definition) is 1. The van der Waals surface area contributed by atoms with Crippen molar-refractivity contribution in [3.8, 4) is 5.75 Å². The fourth-order valence-electron chi connectivity index (χ4n) is 4.33. The molecule has 0 saturated carbocycles. The molecule has 3 aromatic rings. The van der Waals surface area contributed by atoms with Gasteiger partial charge in [-0.2, -0.15) is 0 Å². The van der Waals surface area contributed by atoms with E-state index < -0.39 is 5.60 Å². The molecule has 0 spiro atoms. The van der Waals surface area contributed by atoms with Gasteiger partial charge < -0.3 is 19.5 Å². The lowest BCUT2D eigenvalue weighted by molar-refractivity contribution is -0.161. The van der Waals surface area contributed by atoms with Gasteiger partial charge in [-0.05, 0) is 62.6 Å². The second-order valence-electron chi connectivity index (χ2n) is 9.28. The lowest BCUT2D eigenvalue weighted by Crippen LogP contribution is -2.51. The van der Waals surface area contributed by atoms with Crippen molar-refractivity contribution in [3.05, 3.63) is 107 Å². The zero-order chi connectivity index (χ0) is 24.0. The number of nitrogens with one attached hydrogen (secondary N) is 1. The van der Waals surface area contributed by atoms with E-state index in [9.17, 15) is 0 Å². The molecule has 1 aliphatic heterocycles. The molecular formula is C30H35NO3. The van der Waals surface area contributed by atoms with Crippen molar-refractivity contribution >= 4 is 5.69 Å². The maximum absolute atomic E-state index is 6.55. The van der Waals surface area contributed by atoms with Gasteiger partial charge in [-0.25, -0.2) is 0 Å². The third-order valence-electron chi connectivity index (χ3n) is 6.27. The Labute approximate surface area is 203 Å². The van der Waals surface area contributed by atoms with Gasteiger partial charge in [0, 0.05) is 17.8 Å². The third-order valence-corrected chi connectivity index (χ3v) is 6.27. The highest BCUT2D eigenvalue weighted by Crippen LogP contribution is 2.44. The fraction of sp³-hybridized carbons (Fsp3) is 0.333. The zero-order valence-electron chi connectivity index (χ0n) is 20.6. The summed E-state index contributed by atoms with van der Waals surface area (Å²) in [6.07, 6.45) is 3.49. The van der Waals surface area contributed by atoms with Crippen molar-refractivity contribution in [3.63, 3.8) is 0 Å². The summed E-state index contributed by atoms with van der Waals surface area (Å²) >= 11 is 0. The molecule has 0 saturated heterocycles. The number of benzene rings is 3. The van der Waals surface area contributed by atoms with Crippen molar-refractivity contribution in [2.45, 2.75) is 58.7 Å². The van der Waals surface area contributed by atoms with E-state index in [4.69, 9.17) is 14.2 Å². The van der Waals surface area contributed by atoms with Crippen LogP contribution in [0, 0.1) is 6.92 Å². The normalized spacial score (nSPS) is 18.9. The number of aryl methyl sites for hydroxylation is 1. The molecule has 0 amide bonds. The van der Waals surface area contributed by atoms with Crippen LogP contribution >= 0.6 is 0 Å². The van der Waals surface area contributed by atoms with Gasteiger partial charge in [0.15, 0.2) is 0 Å². The number of hydrogen-bond acceptors (Lipinski definition) is 4. The molecule has 0 fully saturated rings. The third kappa shape index (κ3) is 5.69. The van der Waals surface area contributed by atoms with Crippen LogP contribution in [0.2, 0.25) is 0 Å². The monoisotopic (exact) mass is 457 g/mol. The summed E-state index contributed by atoms with van der Waals surface area (Å²) in [6, 6.07) is 25.0. The summed E-state index contributed by atoms with van der Waals surface area (Å²) in [5, 5.41) is 3.57. The van der Waals surface area contributed by atoms with E-state index in [0.717, 1.165) is 29.1 Å². The SMILES string of the molecule is C/C=C/COC1C(OCc2ccccc2)c2cc(NCc3ccccc3C)ccc2OC1(C)C. The average Bonchev–Trinajstić information content (AvgIpc) is 2.83. The van der Waals surface area contributed by atoms with Crippen molar-refractivity contribution in [2.24, 2.45) is 0 Å². The maximum atomic E-state index is 6.55. The second kappa shape index (κ2) is 10.9. The maximum Gasteiger partial charge on any atom is 0.132 e. The molecule has 0 bridgehead atoms. The van der Waals surface area contributed by atoms with Crippen LogP contribution in [0.4, 0.5) is 5.69 Å². The van der Waals surface area contributed by atoms with Crippen LogP contribution in [0.25, 0.3) is 0 Å². The molecule has 2 atom stereocenters. The fourth-order valence-corrected chi connectivity index (χ4v) is 4.33. The highest BCUT2D eigenvalue weighted by molar-refractivity contribution is 5.54. The van der Waals surface area contributed by atoms with Crippen molar-refractivity contribution in [2.75, 3.05) is 11.9 Å². The van der Waals surface area contributed by atoms with Gasteiger partial charge in [-0.3, -0.25) is 0 Å². The molecule has 4 rings (SSSR count). The molecule has 4 nitrogen and oxygen atoms in total. The highest BCUT2D eigenvalue weighted by atomic mass is 16.6. The van der Waals surface area contributed by atoms with Crippen LogP contribution in [0.5, 0.6) is 5.75 Å². The largest absolute Gasteiger partial charge is 0.485 e. The first kappa shape index (κ1) is 24.1. The van der Waals surface area contributed by atoms with Gasteiger partial charge in [0.1, 0.15) is 23.6 Å². The van der Waals surface area contributed by atoms with E-state index in [1.165, 1.54) is 11.1 Å². The van der Waals surface area contributed by atoms with Crippen LogP contribution in [0.1, 0.15) is 49.1 Å². The Bertz CT molecular complexity index is 1110. The Morgan fingerprint density at radius 2 is 1.74 bits per heavy atom. The van der Waals surface area contributed by atoms with E-state index in [2.05, 4.69) is 74.6 Å². The van der Waals surface area contributed by atoms with E-state index in [1.54, 1.807) is 0 Å². The van der Waals surface area contributed by atoms with Crippen molar-refractivity contribution < 1.29 is 14.2 Å². The average molecular weight is 458 g/mol. The minimum absolute atomic E-state index is 0.258. The number of rotatable bonds is 9. The number of ether oxygens (including phenoxy) is 3. The van der Waals surface area contributed by atoms with Gasteiger partial charge in [0.2, 0.25) is 0 Å². The summed E-state index contributed by atoms with van der Waals surface area (Å²) in [5.41, 5.74) is 5.20. The Hall–Kier alpha value is -3.08. The molecule has 1 heterocycles. The Kier molecular flexibility index (Phi) is 7.71. The second-order valence-corrected chi connectivity index (χ2v) is 9.28. The Morgan fingerprint density at radius 3 is 2.50 bits per heavy atom. The first-order chi connectivity index (χ1) is 16.5. The minimum Gasteiger partial charge on any atom is -0.485 e. The van der Waals surface area contributed by atoms with Gasteiger partial charge in [-0.1, -0.05) is 66.7 Å². The summed E-state index contributed by atoms with van der Waals surface area (Å²) < 4.78 is 19.3. The number of anilines is 1. The number of fused-ring (bicyclic) bond motifs is 1. The molecule has 0 radical (unpaired) electrons. The molecule has 4 heteroatoms. The zero-order valence-corrected chi connectivity index (χ0v) is 20.6. The Balaban J connectivity index is 1.61. The molecule has 178 valence electrons. The summed E-state index contributed by atoms with van der Waals surface area (Å²) in [4.78, 5) is 0. The first-order valence-corrected chi connectivity index (χ1v) is 12.0. The van der Waals surface area contributed by atoms with E-state index in [-0.39, 0.29) is 12.2 Å². The summed E-state index contributed by atoms with van der Waals surface area (Å²) in [5.74, 6) is 0.843. The molecule has 1 N–H and O–H groups in total. The van der Waals surface area contributed by atoms with Gasteiger partial charge >= 0.3 is 0 Å². The predicted molar refractivity (Wildman–Crippen MR) is 138 cm³/mol. The Morgan fingerprint density at radius 1 is 0.971 bits per heavy atom. The molecular weight excluding hydrogens is 422 g/mol. The minimum atomic E-state index is -0.536. The van der Waals surface area contributed by atoms with Gasteiger partial charge in [-0.15, -0.1) is 0 Å². The topological polar surface area (TPSA) is 39.7 Å². The standard InChI is InChI=1S/C30H35NO3/c1-5-6-18-32-29-28(33-21-23-13-8-7-9-14-23)26-19-25(16-17-27(26)34-30(29,3)4)31-20-24-15-11-10-12-22(24)2/h5-17,19,28-29,31H,18,20-21H2,1-4H3/b6-5+. The van der Waals surface area contributed by atoms with Crippen molar-refractivity contribution in [1.82, 2.24) is 0 Å². The van der Waals surface area contributed by atoms with Crippen LogP contribution in [-0.4, -0.2) is 18.3 Å². The van der Waals surface area contributed by atoms with Crippen LogP contribution in [0.3, 0.4) is 0 Å². The first-order valence-electron chi connectivity index (χ1n) is 12.0. The van der Waals surface area contributed by atoms with E-state index in [0.29, 0.717) is 13.2 Å². The van der Waals surface area contributed by atoms with Gasteiger partial charge in [0.05, 0.1) is 13.2 Å². The lowest BCUT2D eigenvalue weighted by Gasteiger charge is -2.44.